The van der Waals surface area contributed by atoms with Crippen molar-refractivity contribution < 1.29 is 68.4 Å². The number of aliphatic hydroxyl groups is 1. The number of pyridine rings is 2. The summed E-state index contributed by atoms with van der Waals surface area (Å²) < 4.78 is 32.0. The van der Waals surface area contributed by atoms with Gasteiger partial charge in [0.1, 0.15) is 34.7 Å². The van der Waals surface area contributed by atoms with Crippen LogP contribution in [0.2, 0.25) is 0 Å². The maximum Gasteiger partial charge on any atom is 1.00 e. The summed E-state index contributed by atoms with van der Waals surface area (Å²) in [6, 6.07) is 33.9. The molecule has 69 heavy (non-hydrogen) atoms. The molecule has 0 amide bonds. The molecular formula is C50H47F2N10NaO6. The number of carboxylic acid groups (broad SMARTS) is 1. The van der Waals surface area contributed by atoms with Crippen LogP contribution in [-0.4, -0.2) is 124 Å². The van der Waals surface area contributed by atoms with Gasteiger partial charge in [-0.1, -0.05) is 12.1 Å². The fraction of sp³-hybridized carbons (Fsp3) is 0.200. The van der Waals surface area contributed by atoms with E-state index in [-0.39, 0.29) is 52.2 Å². The Labute approximate surface area is 418 Å². The molecule has 348 valence electrons. The van der Waals surface area contributed by atoms with Crippen molar-refractivity contribution in [2.45, 2.75) is 0 Å². The number of aromatic carboxylic acids is 1. The minimum Gasteiger partial charge on any atom is -0.870 e. The Morgan fingerprint density at radius 2 is 0.913 bits per heavy atom. The molecule has 2 aliphatic rings. The number of carboxylic acids is 1. The molecule has 0 atom stereocenters. The van der Waals surface area contributed by atoms with Gasteiger partial charge in [-0.05, 0) is 109 Å². The van der Waals surface area contributed by atoms with Gasteiger partial charge in [-0.15, -0.1) is 0 Å². The zero-order valence-electron chi connectivity index (χ0n) is 38.2. The summed E-state index contributed by atoms with van der Waals surface area (Å²) >= 11 is 0. The van der Waals surface area contributed by atoms with Gasteiger partial charge < -0.3 is 40.0 Å². The maximum absolute atomic E-state index is 13.6. The number of methoxy groups -OCH3 is 1. The first-order chi connectivity index (χ1) is 32.7. The van der Waals surface area contributed by atoms with Gasteiger partial charge in [-0.2, -0.15) is 0 Å². The van der Waals surface area contributed by atoms with Crippen molar-refractivity contribution in [3.05, 3.63) is 156 Å². The first-order valence-corrected chi connectivity index (χ1v) is 21.4. The second-order valence-electron chi connectivity index (χ2n) is 15.3. The van der Waals surface area contributed by atoms with Gasteiger partial charge in [0.05, 0.1) is 40.3 Å². The average molecular weight is 945 g/mol. The summed E-state index contributed by atoms with van der Waals surface area (Å²) in [7, 11) is 2.34. The first-order valence-electron chi connectivity index (χ1n) is 21.4. The molecule has 8 aromatic rings. The zero-order valence-corrected chi connectivity index (χ0v) is 40.2. The quantitative estimate of drug-likeness (QED) is 0.162. The number of fused-ring (bicyclic) bond motifs is 2. The molecule has 19 heteroatoms. The van der Waals surface area contributed by atoms with Crippen LogP contribution < -0.4 is 49.2 Å². The summed E-state index contributed by atoms with van der Waals surface area (Å²) in [5.41, 5.74) is 5.64. The van der Waals surface area contributed by atoms with Gasteiger partial charge in [0.25, 0.3) is 0 Å². The second kappa shape index (κ2) is 23.7. The minimum atomic E-state index is -1.02. The Bertz CT molecular complexity index is 2980. The molecule has 2 aliphatic heterocycles. The van der Waals surface area contributed by atoms with E-state index in [1.807, 2.05) is 36.4 Å². The van der Waals surface area contributed by atoms with Crippen LogP contribution in [0.25, 0.3) is 44.6 Å². The Balaban J connectivity index is 0.000000213. The van der Waals surface area contributed by atoms with Crippen LogP contribution in [0.3, 0.4) is 0 Å². The van der Waals surface area contributed by atoms with E-state index in [0.29, 0.717) is 44.8 Å². The van der Waals surface area contributed by atoms with Crippen LogP contribution in [0, 0.1) is 11.6 Å². The number of rotatable bonds is 8. The minimum absolute atomic E-state index is 0. The van der Waals surface area contributed by atoms with Gasteiger partial charge in [0, 0.05) is 83.0 Å². The zero-order chi connectivity index (χ0) is 46.9. The topological polar surface area (TPSA) is 204 Å². The Kier molecular flexibility index (Phi) is 17.6. The van der Waals surface area contributed by atoms with Gasteiger partial charge in [0.15, 0.2) is 11.6 Å². The number of benzene rings is 4. The molecule has 2 fully saturated rings. The van der Waals surface area contributed by atoms with Gasteiger partial charge in [-0.25, -0.2) is 48.3 Å². The number of esters is 1. The SMILES string of the molecule is CO.COC(=O)c1ccc2nc(N3CCN(c4ccccn4)CC3)c(-c3ccc(F)cc3)nc2c1.O=C(O)c1ccc2nc(N3CCN(c4ccccn4)CC3)c(-c3ccc(F)cc3)nc2c1.[Na+].[OH-]. The van der Waals surface area contributed by atoms with Crippen molar-refractivity contribution in [3.8, 4) is 22.5 Å². The standard InChI is InChI=1S/C25H22FN5O2.C24H20FN5O2.CH4O.Na.H2O/c1-33-25(32)18-7-10-20-21(16-18)28-23(17-5-8-19(26)9-6-17)24(29-20)31-14-12-30(13-15-31)22-4-2-3-11-27-22;25-18-7-4-16(5-8-18)22-23(28-19-9-6-17(24(31)32)15-20(19)27-22)30-13-11-29(12-14-30)21-3-1-2-10-26-21;1-2;;/h2-11,16H,12-15H2,1H3;1-10,15H,11-14H2,(H,31,32);2H,1H3;;1H2/q;;;+1;/p-1. The van der Waals surface area contributed by atoms with Crippen LogP contribution >= 0.6 is 0 Å². The Morgan fingerprint density at radius 1 is 0.522 bits per heavy atom. The summed E-state index contributed by atoms with van der Waals surface area (Å²) in [5, 5.41) is 16.3. The smallest absolute Gasteiger partial charge is 0.870 e. The molecule has 3 N–H and O–H groups in total. The summed E-state index contributed by atoms with van der Waals surface area (Å²) in [4.78, 5) is 60.4. The molecule has 0 radical (unpaired) electrons. The largest absolute Gasteiger partial charge is 1.00 e. The van der Waals surface area contributed by atoms with Crippen molar-refractivity contribution in [1.29, 1.82) is 0 Å². The van der Waals surface area contributed by atoms with Crippen molar-refractivity contribution in [1.82, 2.24) is 29.9 Å². The third-order valence-electron chi connectivity index (χ3n) is 11.3. The fourth-order valence-electron chi connectivity index (χ4n) is 7.89. The third kappa shape index (κ3) is 11.9. The number of carbonyl (C=O) groups excluding carboxylic acids is 1. The molecule has 2 saturated heterocycles. The molecule has 0 aliphatic carbocycles. The second-order valence-corrected chi connectivity index (χ2v) is 15.3. The van der Waals surface area contributed by atoms with E-state index in [1.165, 1.54) is 43.5 Å². The number of piperazine rings is 2. The van der Waals surface area contributed by atoms with Crippen LogP contribution in [0.15, 0.2) is 134 Å². The van der Waals surface area contributed by atoms with E-state index in [2.05, 4.69) is 29.6 Å². The Morgan fingerprint density at radius 3 is 1.29 bits per heavy atom. The number of hydrogen-bond acceptors (Lipinski definition) is 15. The van der Waals surface area contributed by atoms with Gasteiger partial charge in [0.2, 0.25) is 0 Å². The van der Waals surface area contributed by atoms with E-state index in [9.17, 15) is 23.5 Å². The summed E-state index contributed by atoms with van der Waals surface area (Å²) in [5.74, 6) is 1.23. The van der Waals surface area contributed by atoms with E-state index >= 15 is 0 Å². The predicted octanol–water partition coefficient (Wildman–Crippen LogP) is 4.24. The summed E-state index contributed by atoms with van der Waals surface area (Å²) in [6.07, 6.45) is 3.58. The van der Waals surface area contributed by atoms with Crippen LogP contribution in [0.5, 0.6) is 0 Å². The number of anilines is 4. The number of nitrogens with zero attached hydrogens (tertiary/aromatic N) is 10. The molecular weight excluding hydrogens is 898 g/mol. The molecule has 0 bridgehead atoms. The normalized spacial score (nSPS) is 13.2. The molecule has 4 aromatic heterocycles. The number of halogens is 2. The van der Waals surface area contributed by atoms with E-state index in [0.717, 1.165) is 88.0 Å². The Hall–Kier alpha value is -7.22. The van der Waals surface area contributed by atoms with E-state index in [1.54, 1.807) is 60.9 Å². The van der Waals surface area contributed by atoms with Crippen molar-refractivity contribution in [2.75, 3.05) is 86.2 Å². The van der Waals surface area contributed by atoms with Crippen LogP contribution in [-0.2, 0) is 4.74 Å². The molecule has 0 unspecified atom stereocenters. The number of carbonyl (C=O) groups is 2. The van der Waals surface area contributed by atoms with Crippen LogP contribution in [0.1, 0.15) is 20.7 Å². The van der Waals surface area contributed by atoms with Gasteiger partial charge >= 0.3 is 41.5 Å². The number of ether oxygens (including phenoxy) is 1. The number of hydrogen-bond donors (Lipinski definition) is 2. The molecule has 0 spiro atoms. The van der Waals surface area contributed by atoms with Crippen LogP contribution in [0.4, 0.5) is 32.1 Å². The van der Waals surface area contributed by atoms with E-state index in [4.69, 9.17) is 29.8 Å². The predicted molar refractivity (Wildman–Crippen MR) is 256 cm³/mol. The number of aromatic nitrogens is 6. The van der Waals surface area contributed by atoms with E-state index < -0.39 is 11.9 Å². The van der Waals surface area contributed by atoms with Gasteiger partial charge in [-0.3, -0.25) is 0 Å². The third-order valence-corrected chi connectivity index (χ3v) is 11.3. The first kappa shape index (κ1) is 51.2. The van der Waals surface area contributed by atoms with Crippen molar-refractivity contribution in [3.63, 3.8) is 0 Å². The molecule has 10 rings (SSSR count). The molecule has 16 nitrogen and oxygen atoms in total. The van der Waals surface area contributed by atoms with Crippen molar-refractivity contribution in [2.24, 2.45) is 0 Å². The monoisotopic (exact) mass is 944 g/mol. The fourth-order valence-corrected chi connectivity index (χ4v) is 7.89. The molecule has 6 heterocycles. The molecule has 4 aromatic carbocycles. The average Bonchev–Trinajstić information content (AvgIpc) is 3.39. The van der Waals surface area contributed by atoms with Crippen molar-refractivity contribution >= 4 is 57.3 Å². The maximum atomic E-state index is 13.6. The molecule has 0 saturated carbocycles. The summed E-state index contributed by atoms with van der Waals surface area (Å²) in [6.45, 7) is 6.06. The number of aliphatic hydroxyl groups excluding tert-OH is 1.